The van der Waals surface area contributed by atoms with Gasteiger partial charge in [-0.05, 0) is 55.3 Å². The highest BCUT2D eigenvalue weighted by atomic mass is 32.2. The molecule has 1 heterocycles. The Bertz CT molecular complexity index is 1220. The number of rotatable bonds is 8. The molecule has 3 aromatic carbocycles. The van der Waals surface area contributed by atoms with Crippen molar-refractivity contribution >= 4 is 22.7 Å². The van der Waals surface area contributed by atoms with Gasteiger partial charge in [0.1, 0.15) is 11.0 Å². The van der Waals surface area contributed by atoms with Crippen LogP contribution in [-0.4, -0.2) is 26.6 Å². The lowest BCUT2D eigenvalue weighted by Gasteiger charge is -2.08. The number of hydrogen-bond donors (Lipinski definition) is 3. The van der Waals surface area contributed by atoms with Crippen LogP contribution in [0.1, 0.15) is 12.1 Å². The van der Waals surface area contributed by atoms with Crippen LogP contribution in [-0.2, 0) is 17.4 Å². The van der Waals surface area contributed by atoms with Crippen LogP contribution < -0.4 is 15.8 Å². The summed E-state index contributed by atoms with van der Waals surface area (Å²) in [6, 6.07) is 28.4. The van der Waals surface area contributed by atoms with Crippen molar-refractivity contribution in [3.8, 4) is 16.9 Å². The molecule has 4 N–H and O–H groups in total. The normalized spacial score (nSPS) is 11.7. The predicted octanol–water partition coefficient (Wildman–Crippen LogP) is 4.27. The highest BCUT2D eigenvalue weighted by molar-refractivity contribution is 7.82. The first-order valence-corrected chi connectivity index (χ1v) is 11.8. The van der Waals surface area contributed by atoms with Crippen molar-refractivity contribution in [2.45, 2.75) is 17.7 Å². The minimum Gasteiger partial charge on any atom is -0.338 e. The molecule has 0 radical (unpaired) electrons. The zero-order chi connectivity index (χ0) is 23.0. The molecular formula is C25H25N5O2S. The zero-order valence-electron chi connectivity index (χ0n) is 18.0. The van der Waals surface area contributed by atoms with Gasteiger partial charge in [0.15, 0.2) is 0 Å². The predicted molar refractivity (Wildman–Crippen MR) is 131 cm³/mol. The average molecular weight is 460 g/mol. The summed E-state index contributed by atoms with van der Waals surface area (Å²) in [5.41, 5.74) is 4.54. The van der Waals surface area contributed by atoms with Gasteiger partial charge < -0.3 is 10.6 Å². The Morgan fingerprint density at radius 3 is 2.27 bits per heavy atom. The molecule has 0 spiro atoms. The number of urea groups is 1. The van der Waals surface area contributed by atoms with E-state index in [0.29, 0.717) is 17.9 Å². The molecule has 33 heavy (non-hydrogen) atoms. The van der Waals surface area contributed by atoms with Gasteiger partial charge in [-0.3, -0.25) is 0 Å². The Kier molecular flexibility index (Phi) is 7.29. The van der Waals surface area contributed by atoms with E-state index in [9.17, 15) is 9.00 Å². The second-order valence-corrected chi connectivity index (χ2v) is 8.51. The Balaban J connectivity index is 1.44. The van der Waals surface area contributed by atoms with E-state index in [0.717, 1.165) is 34.7 Å². The maximum Gasteiger partial charge on any atom is 0.319 e. The lowest BCUT2D eigenvalue weighted by Crippen LogP contribution is -2.29. The van der Waals surface area contributed by atoms with Gasteiger partial charge in [0.2, 0.25) is 0 Å². The van der Waals surface area contributed by atoms with E-state index < -0.39 is 11.0 Å². The molecule has 0 aliphatic rings. The molecule has 1 aromatic heterocycles. The molecule has 4 aromatic rings. The molecule has 7 nitrogen and oxygen atoms in total. The number of carbonyl (C=O) groups is 1. The van der Waals surface area contributed by atoms with Crippen LogP contribution in [0.25, 0.3) is 16.9 Å². The Hall–Kier alpha value is -3.75. The van der Waals surface area contributed by atoms with E-state index >= 15 is 0 Å². The maximum atomic E-state index is 12.1. The fourth-order valence-corrected chi connectivity index (χ4v) is 3.86. The Morgan fingerprint density at radius 2 is 1.61 bits per heavy atom. The van der Waals surface area contributed by atoms with Crippen molar-refractivity contribution in [1.29, 1.82) is 0 Å². The molecule has 0 aliphatic carbocycles. The molecule has 0 aliphatic heterocycles. The topological polar surface area (TPSA) is 102 Å². The van der Waals surface area contributed by atoms with E-state index in [2.05, 4.69) is 16.7 Å². The van der Waals surface area contributed by atoms with Crippen molar-refractivity contribution in [2.75, 3.05) is 11.9 Å². The lowest BCUT2D eigenvalue weighted by molar-refractivity contribution is 0.252. The summed E-state index contributed by atoms with van der Waals surface area (Å²) in [7, 11) is -1.52. The van der Waals surface area contributed by atoms with Crippen LogP contribution in [0.5, 0.6) is 0 Å². The van der Waals surface area contributed by atoms with Crippen molar-refractivity contribution in [3.05, 3.63) is 96.7 Å². The largest absolute Gasteiger partial charge is 0.338 e. The SMILES string of the molecule is NS(=O)c1ccc(-n2nc(CCCNC(=O)Nc3ccccc3)cc2-c2ccccc2)cc1. The van der Waals surface area contributed by atoms with E-state index in [4.69, 9.17) is 10.2 Å². The molecule has 1 unspecified atom stereocenters. The molecule has 168 valence electrons. The molecule has 8 heteroatoms. The number of aryl methyl sites for hydroxylation is 1. The first-order valence-electron chi connectivity index (χ1n) is 10.6. The number of nitrogens with one attached hydrogen (secondary N) is 2. The molecule has 0 bridgehead atoms. The summed E-state index contributed by atoms with van der Waals surface area (Å²) in [5.74, 6) is 0. The molecular weight excluding hydrogens is 434 g/mol. The van der Waals surface area contributed by atoms with Crippen LogP contribution >= 0.6 is 0 Å². The Labute approximate surface area is 195 Å². The van der Waals surface area contributed by atoms with Gasteiger partial charge >= 0.3 is 6.03 Å². The second-order valence-electron chi connectivity index (χ2n) is 7.44. The van der Waals surface area contributed by atoms with E-state index in [1.54, 1.807) is 12.1 Å². The molecule has 0 fully saturated rings. The number of aromatic nitrogens is 2. The monoisotopic (exact) mass is 459 g/mol. The van der Waals surface area contributed by atoms with Crippen molar-refractivity contribution in [2.24, 2.45) is 5.14 Å². The molecule has 1 atom stereocenters. The van der Waals surface area contributed by atoms with Crippen LogP contribution in [0.2, 0.25) is 0 Å². The van der Waals surface area contributed by atoms with Crippen LogP contribution in [0.3, 0.4) is 0 Å². The number of nitrogens with two attached hydrogens (primary N) is 1. The minimum atomic E-state index is -1.52. The van der Waals surface area contributed by atoms with Gasteiger partial charge in [-0.2, -0.15) is 5.10 Å². The number of para-hydroxylation sites is 1. The summed E-state index contributed by atoms with van der Waals surface area (Å²) >= 11 is 0. The van der Waals surface area contributed by atoms with E-state index in [-0.39, 0.29) is 6.03 Å². The first-order chi connectivity index (χ1) is 16.1. The average Bonchev–Trinajstić information content (AvgIpc) is 3.27. The maximum absolute atomic E-state index is 12.1. The van der Waals surface area contributed by atoms with Gasteiger partial charge in [-0.15, -0.1) is 0 Å². The van der Waals surface area contributed by atoms with Crippen LogP contribution in [0.15, 0.2) is 95.9 Å². The first kappa shape index (κ1) is 22.4. The third kappa shape index (κ3) is 5.94. The lowest BCUT2D eigenvalue weighted by atomic mass is 10.1. The third-order valence-corrected chi connectivity index (χ3v) is 5.81. The van der Waals surface area contributed by atoms with Gasteiger partial charge in [0.05, 0.1) is 22.0 Å². The molecule has 2 amide bonds. The molecule has 4 rings (SSSR count). The number of carbonyl (C=O) groups excluding carboxylic acids is 1. The molecule has 0 saturated carbocycles. The van der Waals surface area contributed by atoms with Gasteiger partial charge in [-0.25, -0.2) is 18.8 Å². The van der Waals surface area contributed by atoms with Crippen molar-refractivity contribution in [1.82, 2.24) is 15.1 Å². The summed E-state index contributed by atoms with van der Waals surface area (Å²) in [6.45, 7) is 0.531. The number of anilines is 1. The van der Waals surface area contributed by atoms with Crippen LogP contribution in [0.4, 0.5) is 10.5 Å². The number of benzene rings is 3. The number of nitrogens with zero attached hydrogens (tertiary/aromatic N) is 2. The van der Waals surface area contributed by atoms with Crippen molar-refractivity contribution < 1.29 is 9.00 Å². The molecule has 0 saturated heterocycles. The highest BCUT2D eigenvalue weighted by Crippen LogP contribution is 2.25. The quantitative estimate of drug-likeness (QED) is 0.343. The second kappa shape index (κ2) is 10.7. The van der Waals surface area contributed by atoms with E-state index in [1.807, 2.05) is 77.5 Å². The Morgan fingerprint density at radius 1 is 0.939 bits per heavy atom. The smallest absolute Gasteiger partial charge is 0.319 e. The number of amides is 2. The van der Waals surface area contributed by atoms with Crippen LogP contribution in [0, 0.1) is 0 Å². The van der Waals surface area contributed by atoms with Gasteiger partial charge in [-0.1, -0.05) is 48.5 Å². The minimum absolute atomic E-state index is 0.228. The standard InChI is InChI=1S/C25H25N5O2S/c26-33(32)23-15-13-22(14-16-23)30-24(19-8-3-1-4-9-19)18-21(29-30)12-7-17-27-25(31)28-20-10-5-2-6-11-20/h1-6,8-11,13-16,18H,7,12,17,26H2,(H2,27,28,31). The van der Waals surface area contributed by atoms with Crippen molar-refractivity contribution in [3.63, 3.8) is 0 Å². The summed E-state index contributed by atoms with van der Waals surface area (Å²) in [4.78, 5) is 12.6. The fraction of sp³-hybridized carbons (Fsp3) is 0.120. The summed E-state index contributed by atoms with van der Waals surface area (Å²) in [6.07, 6.45) is 1.46. The summed E-state index contributed by atoms with van der Waals surface area (Å²) in [5, 5.41) is 16.0. The zero-order valence-corrected chi connectivity index (χ0v) is 18.8. The number of hydrogen-bond acceptors (Lipinski definition) is 3. The highest BCUT2D eigenvalue weighted by Gasteiger charge is 2.12. The third-order valence-electron chi connectivity index (χ3n) is 5.07. The summed E-state index contributed by atoms with van der Waals surface area (Å²) < 4.78 is 13.4. The van der Waals surface area contributed by atoms with Gasteiger partial charge in [0, 0.05) is 17.8 Å². The fourth-order valence-electron chi connectivity index (χ4n) is 3.45. The van der Waals surface area contributed by atoms with Gasteiger partial charge in [0.25, 0.3) is 0 Å². The van der Waals surface area contributed by atoms with E-state index in [1.165, 1.54) is 0 Å².